The predicted molar refractivity (Wildman–Crippen MR) is 100 cm³/mol. The zero-order valence-corrected chi connectivity index (χ0v) is 15.6. The monoisotopic (exact) mass is 342 g/mol. The molecule has 2 heterocycles. The first-order valence-corrected chi connectivity index (χ1v) is 9.26. The van der Waals surface area contributed by atoms with Gasteiger partial charge in [0.1, 0.15) is 0 Å². The molecular weight excluding hydrogens is 312 g/mol. The van der Waals surface area contributed by atoms with Crippen molar-refractivity contribution in [2.75, 3.05) is 32.7 Å². The fourth-order valence-corrected chi connectivity index (χ4v) is 3.51. The molecule has 1 aromatic carbocycles. The Balaban J connectivity index is 1.49. The number of aliphatic hydroxyl groups is 1. The maximum absolute atomic E-state index is 10.6. The summed E-state index contributed by atoms with van der Waals surface area (Å²) < 4.78 is 1.98. The standard InChI is InChI=1S/C20H30N4O/c1-4-24-14-18(12-21-24)13-22-7-9-23(10-8-22)15-20(25)19-11-16(2)5-6-17(19)3/h5-6,11-12,14,20,25H,4,7-10,13,15H2,1-3H3. The smallest absolute Gasteiger partial charge is 0.0919 e. The summed E-state index contributed by atoms with van der Waals surface area (Å²) in [5.74, 6) is 0. The number of aromatic nitrogens is 2. The van der Waals surface area contributed by atoms with Crippen LogP contribution in [0.25, 0.3) is 0 Å². The van der Waals surface area contributed by atoms with Crippen LogP contribution in [0.15, 0.2) is 30.6 Å². The highest BCUT2D eigenvalue weighted by Crippen LogP contribution is 2.21. The zero-order chi connectivity index (χ0) is 17.8. The molecule has 3 rings (SSSR count). The van der Waals surface area contributed by atoms with Crippen LogP contribution in [-0.4, -0.2) is 57.4 Å². The molecule has 2 aromatic rings. The Labute approximate surface area is 150 Å². The first-order valence-electron chi connectivity index (χ1n) is 9.26. The Morgan fingerprint density at radius 1 is 1.12 bits per heavy atom. The third-order valence-corrected chi connectivity index (χ3v) is 5.11. The summed E-state index contributed by atoms with van der Waals surface area (Å²) in [4.78, 5) is 4.84. The Kier molecular flexibility index (Phi) is 5.89. The largest absolute Gasteiger partial charge is 0.387 e. The summed E-state index contributed by atoms with van der Waals surface area (Å²) in [6, 6.07) is 6.31. The van der Waals surface area contributed by atoms with E-state index in [0.29, 0.717) is 6.54 Å². The summed E-state index contributed by atoms with van der Waals surface area (Å²) in [5, 5.41) is 15.0. The maximum atomic E-state index is 10.6. The van der Waals surface area contributed by atoms with Crippen molar-refractivity contribution in [2.45, 2.75) is 40.0 Å². The molecule has 1 fully saturated rings. The van der Waals surface area contributed by atoms with E-state index < -0.39 is 6.10 Å². The van der Waals surface area contributed by atoms with Crippen LogP contribution in [0.1, 0.15) is 35.3 Å². The van der Waals surface area contributed by atoms with Crippen molar-refractivity contribution in [2.24, 2.45) is 0 Å². The maximum Gasteiger partial charge on any atom is 0.0919 e. The van der Waals surface area contributed by atoms with E-state index in [1.54, 1.807) is 0 Å². The highest BCUT2D eigenvalue weighted by molar-refractivity contribution is 5.32. The van der Waals surface area contributed by atoms with Gasteiger partial charge < -0.3 is 5.11 Å². The van der Waals surface area contributed by atoms with Crippen LogP contribution >= 0.6 is 0 Å². The Morgan fingerprint density at radius 2 is 1.84 bits per heavy atom. The molecule has 136 valence electrons. The number of piperazine rings is 1. The molecule has 1 aliphatic heterocycles. The quantitative estimate of drug-likeness (QED) is 0.875. The molecular formula is C20H30N4O. The molecule has 0 bridgehead atoms. The lowest BCUT2D eigenvalue weighted by Crippen LogP contribution is -2.47. The lowest BCUT2D eigenvalue weighted by atomic mass is 10.0. The van der Waals surface area contributed by atoms with E-state index in [-0.39, 0.29) is 0 Å². The van der Waals surface area contributed by atoms with Gasteiger partial charge in [-0.15, -0.1) is 0 Å². The summed E-state index contributed by atoms with van der Waals surface area (Å²) in [6.07, 6.45) is 3.70. The van der Waals surface area contributed by atoms with Crippen LogP contribution in [0.4, 0.5) is 0 Å². The molecule has 0 amide bonds. The number of hydrogen-bond acceptors (Lipinski definition) is 4. The van der Waals surface area contributed by atoms with Gasteiger partial charge in [-0.2, -0.15) is 5.10 Å². The molecule has 1 atom stereocenters. The minimum absolute atomic E-state index is 0.408. The van der Waals surface area contributed by atoms with E-state index in [2.05, 4.69) is 60.1 Å². The van der Waals surface area contributed by atoms with Gasteiger partial charge in [-0.05, 0) is 31.9 Å². The second-order valence-corrected chi connectivity index (χ2v) is 7.16. The fourth-order valence-electron chi connectivity index (χ4n) is 3.51. The third-order valence-electron chi connectivity index (χ3n) is 5.11. The van der Waals surface area contributed by atoms with Crippen molar-refractivity contribution >= 4 is 0 Å². The molecule has 1 N–H and O–H groups in total. The molecule has 0 saturated carbocycles. The molecule has 1 aliphatic rings. The van der Waals surface area contributed by atoms with Crippen LogP contribution in [0, 0.1) is 13.8 Å². The molecule has 5 nitrogen and oxygen atoms in total. The normalized spacial score (nSPS) is 17.8. The first-order chi connectivity index (χ1) is 12.0. The van der Waals surface area contributed by atoms with Gasteiger partial charge in [-0.1, -0.05) is 23.8 Å². The number of benzene rings is 1. The lowest BCUT2D eigenvalue weighted by Gasteiger charge is -2.35. The van der Waals surface area contributed by atoms with E-state index in [4.69, 9.17) is 0 Å². The Hall–Kier alpha value is -1.69. The molecule has 1 saturated heterocycles. The van der Waals surface area contributed by atoms with Crippen molar-refractivity contribution in [3.63, 3.8) is 0 Å². The van der Waals surface area contributed by atoms with Gasteiger partial charge in [0.15, 0.2) is 0 Å². The number of β-amino-alcohol motifs (C(OH)–C–C–N with tert-alkyl or cyclic N) is 1. The van der Waals surface area contributed by atoms with Crippen molar-refractivity contribution in [3.8, 4) is 0 Å². The molecule has 0 radical (unpaired) electrons. The van der Waals surface area contributed by atoms with Gasteiger partial charge in [0, 0.05) is 57.6 Å². The molecule has 0 spiro atoms. The summed E-state index contributed by atoms with van der Waals surface area (Å²) >= 11 is 0. The predicted octanol–water partition coefficient (Wildman–Crippen LogP) is 2.37. The Bertz CT molecular complexity index is 689. The summed E-state index contributed by atoms with van der Waals surface area (Å²) in [5.41, 5.74) is 4.72. The average Bonchev–Trinajstić information content (AvgIpc) is 3.06. The van der Waals surface area contributed by atoms with E-state index in [0.717, 1.165) is 44.8 Å². The highest BCUT2D eigenvalue weighted by Gasteiger charge is 2.21. The second kappa shape index (κ2) is 8.13. The molecule has 0 aliphatic carbocycles. The van der Waals surface area contributed by atoms with Crippen LogP contribution in [0.5, 0.6) is 0 Å². The molecule has 1 unspecified atom stereocenters. The van der Waals surface area contributed by atoms with E-state index in [1.165, 1.54) is 16.7 Å². The number of hydrogen-bond donors (Lipinski definition) is 1. The zero-order valence-electron chi connectivity index (χ0n) is 15.6. The fraction of sp³-hybridized carbons (Fsp3) is 0.550. The SMILES string of the molecule is CCn1cc(CN2CCN(CC(O)c3cc(C)ccc3C)CC2)cn1. The van der Waals surface area contributed by atoms with Crippen LogP contribution in [-0.2, 0) is 13.1 Å². The topological polar surface area (TPSA) is 44.5 Å². The number of nitrogens with zero attached hydrogens (tertiary/aromatic N) is 4. The van der Waals surface area contributed by atoms with Gasteiger partial charge in [-0.25, -0.2) is 0 Å². The van der Waals surface area contributed by atoms with Crippen LogP contribution in [0.3, 0.4) is 0 Å². The summed E-state index contributed by atoms with van der Waals surface area (Å²) in [7, 11) is 0. The van der Waals surface area contributed by atoms with E-state index in [1.807, 2.05) is 10.9 Å². The van der Waals surface area contributed by atoms with Crippen LogP contribution in [0.2, 0.25) is 0 Å². The van der Waals surface area contributed by atoms with Crippen molar-refractivity contribution in [3.05, 3.63) is 52.8 Å². The van der Waals surface area contributed by atoms with Crippen molar-refractivity contribution in [1.29, 1.82) is 0 Å². The molecule has 25 heavy (non-hydrogen) atoms. The van der Waals surface area contributed by atoms with Crippen molar-refractivity contribution < 1.29 is 5.11 Å². The molecule has 5 heteroatoms. The summed E-state index contributed by atoms with van der Waals surface area (Å²) in [6.45, 7) is 12.9. The number of aliphatic hydroxyl groups excluding tert-OH is 1. The second-order valence-electron chi connectivity index (χ2n) is 7.16. The van der Waals surface area contributed by atoms with Crippen LogP contribution < -0.4 is 0 Å². The van der Waals surface area contributed by atoms with E-state index >= 15 is 0 Å². The lowest BCUT2D eigenvalue weighted by molar-refractivity contribution is 0.0698. The third kappa shape index (κ3) is 4.69. The first kappa shape index (κ1) is 18.1. The van der Waals surface area contributed by atoms with Crippen molar-refractivity contribution in [1.82, 2.24) is 19.6 Å². The van der Waals surface area contributed by atoms with Gasteiger partial charge >= 0.3 is 0 Å². The van der Waals surface area contributed by atoms with E-state index in [9.17, 15) is 5.11 Å². The number of rotatable bonds is 6. The number of aryl methyl sites for hydroxylation is 3. The minimum atomic E-state index is -0.408. The van der Waals surface area contributed by atoms with Gasteiger partial charge in [0.05, 0.1) is 12.3 Å². The highest BCUT2D eigenvalue weighted by atomic mass is 16.3. The Morgan fingerprint density at radius 3 is 2.52 bits per heavy atom. The van der Waals surface area contributed by atoms with Gasteiger partial charge in [-0.3, -0.25) is 14.5 Å². The minimum Gasteiger partial charge on any atom is -0.387 e. The average molecular weight is 342 g/mol. The van der Waals surface area contributed by atoms with Gasteiger partial charge in [0.2, 0.25) is 0 Å². The van der Waals surface area contributed by atoms with Gasteiger partial charge in [0.25, 0.3) is 0 Å². The molecule has 1 aromatic heterocycles.